The number of hydrogen-bond donors (Lipinski definition) is 2. The Balaban J connectivity index is 1.67. The molecule has 0 saturated heterocycles. The Bertz CT molecular complexity index is 663. The van der Waals surface area contributed by atoms with Crippen molar-refractivity contribution in [2.45, 2.75) is 26.4 Å². The smallest absolute Gasteiger partial charge is 0.0455 e. The number of aromatic amines is 1. The van der Waals surface area contributed by atoms with Crippen molar-refractivity contribution in [3.8, 4) is 0 Å². The average Bonchev–Trinajstić information content (AvgIpc) is 3.04. The molecule has 2 aromatic heterocycles. The number of rotatable bonds is 5. The number of benzene rings is 1. The van der Waals surface area contributed by atoms with E-state index in [1.54, 1.807) is 0 Å². The Hall–Kier alpha value is -2.16. The zero-order valence-electron chi connectivity index (χ0n) is 11.2. The van der Waals surface area contributed by atoms with Gasteiger partial charge < -0.3 is 14.9 Å². The maximum atomic E-state index is 3.47. The summed E-state index contributed by atoms with van der Waals surface area (Å²) in [4.78, 5) is 3.21. The fourth-order valence-corrected chi connectivity index (χ4v) is 2.36. The van der Waals surface area contributed by atoms with Gasteiger partial charge in [0.05, 0.1) is 0 Å². The molecule has 0 aliphatic rings. The Morgan fingerprint density at radius 2 is 2.16 bits per heavy atom. The minimum Gasteiger partial charge on any atom is -0.381 e. The summed E-state index contributed by atoms with van der Waals surface area (Å²) in [7, 11) is 0. The molecule has 0 aliphatic carbocycles. The molecule has 98 valence electrons. The number of anilines is 1. The number of H-pyrrole nitrogens is 1. The third-order valence-corrected chi connectivity index (χ3v) is 3.34. The van der Waals surface area contributed by atoms with E-state index in [1.165, 1.54) is 22.9 Å². The summed E-state index contributed by atoms with van der Waals surface area (Å²) >= 11 is 0. The normalized spacial score (nSPS) is 11.0. The fourth-order valence-electron chi connectivity index (χ4n) is 2.36. The predicted molar refractivity (Wildman–Crippen MR) is 80.3 cm³/mol. The molecule has 0 radical (unpaired) electrons. The molecule has 0 bridgehead atoms. The van der Waals surface area contributed by atoms with Crippen LogP contribution < -0.4 is 5.32 Å². The van der Waals surface area contributed by atoms with Crippen molar-refractivity contribution in [2.24, 2.45) is 0 Å². The van der Waals surface area contributed by atoms with Crippen LogP contribution >= 0.6 is 0 Å². The molecule has 2 heterocycles. The van der Waals surface area contributed by atoms with Gasteiger partial charge in [-0.15, -0.1) is 0 Å². The van der Waals surface area contributed by atoms with Gasteiger partial charge in [0, 0.05) is 48.3 Å². The summed E-state index contributed by atoms with van der Waals surface area (Å²) in [5, 5.41) is 4.72. The number of fused-ring (bicyclic) bond motifs is 1. The highest BCUT2D eigenvalue weighted by atomic mass is 14.9. The van der Waals surface area contributed by atoms with Gasteiger partial charge in [-0.05, 0) is 42.3 Å². The second-order valence-corrected chi connectivity index (χ2v) is 4.89. The van der Waals surface area contributed by atoms with Crippen LogP contribution in [0.15, 0.2) is 48.9 Å². The van der Waals surface area contributed by atoms with Crippen molar-refractivity contribution < 1.29 is 0 Å². The second kappa shape index (κ2) is 5.22. The molecule has 3 heteroatoms. The molecular formula is C16H19N3. The molecule has 3 rings (SSSR count). The van der Waals surface area contributed by atoms with E-state index < -0.39 is 0 Å². The van der Waals surface area contributed by atoms with Crippen molar-refractivity contribution in [3.05, 3.63) is 54.5 Å². The molecule has 0 unspecified atom stereocenters. The molecule has 19 heavy (non-hydrogen) atoms. The van der Waals surface area contributed by atoms with Gasteiger partial charge in [0.2, 0.25) is 0 Å². The summed E-state index contributed by atoms with van der Waals surface area (Å²) in [5.74, 6) is 0. The lowest BCUT2D eigenvalue weighted by atomic mass is 10.2. The third kappa shape index (κ3) is 2.65. The first-order valence-corrected chi connectivity index (χ1v) is 6.81. The lowest BCUT2D eigenvalue weighted by molar-refractivity contribution is 0.682. The van der Waals surface area contributed by atoms with E-state index in [-0.39, 0.29) is 0 Å². The minimum atomic E-state index is 0.868. The Morgan fingerprint density at radius 1 is 1.21 bits per heavy atom. The molecule has 0 amide bonds. The van der Waals surface area contributed by atoms with E-state index >= 15 is 0 Å². The SMILES string of the molecule is CCCn1ccc(CNc2ccc3[nH]ccc3c2)c1. The first kappa shape index (κ1) is 11.9. The summed E-state index contributed by atoms with van der Waals surface area (Å²) in [6, 6.07) is 10.7. The molecule has 1 aromatic carbocycles. The van der Waals surface area contributed by atoms with Crippen LogP contribution in [0.5, 0.6) is 0 Å². The van der Waals surface area contributed by atoms with Gasteiger partial charge in [-0.25, -0.2) is 0 Å². The first-order chi connectivity index (χ1) is 9.35. The lowest BCUT2D eigenvalue weighted by Crippen LogP contribution is -1.98. The monoisotopic (exact) mass is 253 g/mol. The summed E-state index contributed by atoms with van der Waals surface area (Å²) in [5.41, 5.74) is 3.66. The van der Waals surface area contributed by atoms with Gasteiger partial charge in [-0.2, -0.15) is 0 Å². The van der Waals surface area contributed by atoms with Crippen LogP contribution in [-0.2, 0) is 13.1 Å². The highest BCUT2D eigenvalue weighted by Gasteiger charge is 1.99. The van der Waals surface area contributed by atoms with Gasteiger partial charge in [0.15, 0.2) is 0 Å². The maximum Gasteiger partial charge on any atom is 0.0455 e. The number of nitrogens with zero attached hydrogens (tertiary/aromatic N) is 1. The van der Waals surface area contributed by atoms with Gasteiger partial charge in [-0.3, -0.25) is 0 Å². The quantitative estimate of drug-likeness (QED) is 0.708. The van der Waals surface area contributed by atoms with Crippen LogP contribution in [0.3, 0.4) is 0 Å². The summed E-state index contributed by atoms with van der Waals surface area (Å²) in [6.07, 6.45) is 7.51. The van der Waals surface area contributed by atoms with Gasteiger partial charge >= 0.3 is 0 Å². The van der Waals surface area contributed by atoms with Crippen LogP contribution in [0.25, 0.3) is 10.9 Å². The van der Waals surface area contributed by atoms with Crippen LogP contribution in [0, 0.1) is 0 Å². The van der Waals surface area contributed by atoms with Crippen LogP contribution in [0.4, 0.5) is 5.69 Å². The van der Waals surface area contributed by atoms with Crippen LogP contribution in [0.2, 0.25) is 0 Å². The Morgan fingerprint density at radius 3 is 3.05 bits per heavy atom. The highest BCUT2D eigenvalue weighted by molar-refractivity contribution is 5.82. The average molecular weight is 253 g/mol. The van der Waals surface area contributed by atoms with E-state index in [0.717, 1.165) is 18.8 Å². The lowest BCUT2D eigenvalue weighted by Gasteiger charge is -2.05. The zero-order chi connectivity index (χ0) is 13.1. The highest BCUT2D eigenvalue weighted by Crippen LogP contribution is 2.18. The van der Waals surface area contributed by atoms with Crippen LogP contribution in [0.1, 0.15) is 18.9 Å². The molecule has 3 aromatic rings. The van der Waals surface area contributed by atoms with Gasteiger partial charge in [-0.1, -0.05) is 6.92 Å². The third-order valence-electron chi connectivity index (χ3n) is 3.34. The number of aryl methyl sites for hydroxylation is 1. The van der Waals surface area contributed by atoms with Crippen molar-refractivity contribution >= 4 is 16.6 Å². The van der Waals surface area contributed by atoms with Crippen molar-refractivity contribution in [1.82, 2.24) is 9.55 Å². The fraction of sp³-hybridized carbons (Fsp3) is 0.250. The van der Waals surface area contributed by atoms with Crippen molar-refractivity contribution in [1.29, 1.82) is 0 Å². The van der Waals surface area contributed by atoms with E-state index in [0.29, 0.717) is 0 Å². The van der Waals surface area contributed by atoms with Gasteiger partial charge in [0.1, 0.15) is 0 Å². The molecular weight excluding hydrogens is 234 g/mol. The largest absolute Gasteiger partial charge is 0.381 e. The van der Waals surface area contributed by atoms with E-state index in [2.05, 4.69) is 64.5 Å². The van der Waals surface area contributed by atoms with Gasteiger partial charge in [0.25, 0.3) is 0 Å². The topological polar surface area (TPSA) is 32.8 Å². The molecule has 0 aliphatic heterocycles. The Labute approximate surface area is 113 Å². The number of hydrogen-bond acceptors (Lipinski definition) is 1. The maximum absolute atomic E-state index is 3.47. The predicted octanol–water partition coefficient (Wildman–Crippen LogP) is 3.99. The van der Waals surface area contributed by atoms with Crippen molar-refractivity contribution in [3.63, 3.8) is 0 Å². The summed E-state index contributed by atoms with van der Waals surface area (Å²) in [6.45, 7) is 4.16. The van der Waals surface area contributed by atoms with Crippen LogP contribution in [-0.4, -0.2) is 9.55 Å². The minimum absolute atomic E-state index is 0.868. The molecule has 0 atom stereocenters. The molecule has 0 saturated carbocycles. The zero-order valence-corrected chi connectivity index (χ0v) is 11.2. The Kier molecular flexibility index (Phi) is 3.27. The van der Waals surface area contributed by atoms with E-state index in [9.17, 15) is 0 Å². The standard InChI is InChI=1S/C16H19N3/c1-2-8-19-9-6-13(12-19)11-18-15-3-4-16-14(10-15)5-7-17-16/h3-7,9-10,12,17-18H,2,8,11H2,1H3. The van der Waals surface area contributed by atoms with E-state index in [1.807, 2.05) is 6.20 Å². The second-order valence-electron chi connectivity index (χ2n) is 4.89. The summed E-state index contributed by atoms with van der Waals surface area (Å²) < 4.78 is 2.24. The van der Waals surface area contributed by atoms with E-state index in [4.69, 9.17) is 0 Å². The van der Waals surface area contributed by atoms with Crippen molar-refractivity contribution in [2.75, 3.05) is 5.32 Å². The molecule has 2 N–H and O–H groups in total. The number of aromatic nitrogens is 2. The molecule has 0 fully saturated rings. The first-order valence-electron chi connectivity index (χ1n) is 6.81. The molecule has 3 nitrogen and oxygen atoms in total. The number of nitrogens with one attached hydrogen (secondary N) is 2. The molecule has 0 spiro atoms.